The van der Waals surface area contributed by atoms with E-state index in [0.717, 1.165) is 30.8 Å². The van der Waals surface area contributed by atoms with Gasteiger partial charge in [-0.15, -0.1) is 11.3 Å². The fraction of sp³-hybridized carbons (Fsp3) is 0.692. The van der Waals surface area contributed by atoms with Crippen molar-refractivity contribution in [2.75, 3.05) is 5.32 Å². The Morgan fingerprint density at radius 1 is 1.18 bits per heavy atom. The summed E-state index contributed by atoms with van der Waals surface area (Å²) in [4.78, 5) is 17.8. The van der Waals surface area contributed by atoms with Crippen molar-refractivity contribution in [2.45, 2.75) is 51.4 Å². The molecular formula is C13H18N2OS. The molecule has 0 saturated heterocycles. The van der Waals surface area contributed by atoms with Crippen LogP contribution in [0.5, 0.6) is 0 Å². The molecule has 0 atom stereocenters. The lowest BCUT2D eigenvalue weighted by atomic mass is 9.85. The number of rotatable bonds is 2. The van der Waals surface area contributed by atoms with Crippen LogP contribution < -0.4 is 5.32 Å². The van der Waals surface area contributed by atoms with Crippen molar-refractivity contribution < 1.29 is 4.79 Å². The highest BCUT2D eigenvalue weighted by atomic mass is 32.1. The number of amides is 1. The number of hydrogen-bond acceptors (Lipinski definition) is 3. The van der Waals surface area contributed by atoms with Crippen LogP contribution in [0.1, 0.15) is 49.1 Å². The molecule has 1 saturated carbocycles. The third-order valence-electron chi connectivity index (χ3n) is 3.80. The lowest BCUT2D eigenvalue weighted by Crippen LogP contribution is -2.27. The summed E-state index contributed by atoms with van der Waals surface area (Å²) >= 11 is 1.69. The van der Waals surface area contributed by atoms with Crippen molar-refractivity contribution in [3.05, 3.63) is 10.6 Å². The topological polar surface area (TPSA) is 42.0 Å². The van der Waals surface area contributed by atoms with E-state index in [1.54, 1.807) is 11.3 Å². The van der Waals surface area contributed by atoms with Gasteiger partial charge in [0, 0.05) is 10.8 Å². The molecule has 0 unspecified atom stereocenters. The predicted octanol–water partition coefficient (Wildman–Crippen LogP) is 3.15. The van der Waals surface area contributed by atoms with Crippen LogP contribution in [0.2, 0.25) is 0 Å². The van der Waals surface area contributed by atoms with E-state index < -0.39 is 0 Å². The number of anilines is 1. The van der Waals surface area contributed by atoms with Gasteiger partial charge in [-0.2, -0.15) is 0 Å². The van der Waals surface area contributed by atoms with Gasteiger partial charge in [0.25, 0.3) is 0 Å². The number of nitrogens with zero attached hydrogens (tertiary/aromatic N) is 1. The van der Waals surface area contributed by atoms with Crippen molar-refractivity contribution in [1.29, 1.82) is 0 Å². The van der Waals surface area contributed by atoms with Crippen LogP contribution >= 0.6 is 11.3 Å². The SMILES string of the molecule is O=C(Nc1nc2c(s1)CCCCC2)C1CCC1. The fourth-order valence-electron chi connectivity index (χ4n) is 2.46. The summed E-state index contributed by atoms with van der Waals surface area (Å²) in [6, 6.07) is 0. The third kappa shape index (κ3) is 2.37. The molecule has 2 aliphatic rings. The van der Waals surface area contributed by atoms with Crippen LogP contribution in [0.15, 0.2) is 0 Å². The first kappa shape index (κ1) is 11.2. The number of aryl methyl sites for hydroxylation is 2. The minimum atomic E-state index is 0.181. The Kier molecular flexibility index (Phi) is 3.14. The zero-order valence-corrected chi connectivity index (χ0v) is 10.8. The molecule has 0 bridgehead atoms. The van der Waals surface area contributed by atoms with Gasteiger partial charge < -0.3 is 5.32 Å². The molecule has 17 heavy (non-hydrogen) atoms. The number of nitrogens with one attached hydrogen (secondary N) is 1. The monoisotopic (exact) mass is 250 g/mol. The van der Waals surface area contributed by atoms with E-state index in [4.69, 9.17) is 0 Å². The van der Waals surface area contributed by atoms with Gasteiger partial charge in [0.1, 0.15) is 0 Å². The number of aromatic nitrogens is 1. The van der Waals surface area contributed by atoms with Gasteiger partial charge in [-0.05, 0) is 38.5 Å². The first-order valence-corrected chi connectivity index (χ1v) is 7.44. The fourth-order valence-corrected chi connectivity index (χ4v) is 3.51. The summed E-state index contributed by atoms with van der Waals surface area (Å²) in [6.45, 7) is 0. The molecule has 0 aromatic carbocycles. The van der Waals surface area contributed by atoms with Crippen LogP contribution in [0.3, 0.4) is 0 Å². The van der Waals surface area contributed by atoms with E-state index >= 15 is 0 Å². The number of carbonyl (C=O) groups is 1. The van der Waals surface area contributed by atoms with E-state index in [-0.39, 0.29) is 11.8 Å². The van der Waals surface area contributed by atoms with Gasteiger partial charge in [0.05, 0.1) is 5.69 Å². The van der Waals surface area contributed by atoms with Crippen molar-refractivity contribution in [2.24, 2.45) is 5.92 Å². The minimum absolute atomic E-state index is 0.181. The summed E-state index contributed by atoms with van der Waals surface area (Å²) in [6.07, 6.45) is 9.36. The van der Waals surface area contributed by atoms with Crippen molar-refractivity contribution >= 4 is 22.4 Å². The summed E-state index contributed by atoms with van der Waals surface area (Å²) < 4.78 is 0. The second kappa shape index (κ2) is 4.77. The Hall–Kier alpha value is -0.900. The number of thiazole rings is 1. The smallest absolute Gasteiger partial charge is 0.229 e. The minimum Gasteiger partial charge on any atom is -0.302 e. The molecule has 3 rings (SSSR count). The number of carbonyl (C=O) groups excluding carboxylic acids is 1. The molecular weight excluding hydrogens is 232 g/mol. The van der Waals surface area contributed by atoms with Crippen LogP contribution in [0, 0.1) is 5.92 Å². The van der Waals surface area contributed by atoms with Gasteiger partial charge in [0.2, 0.25) is 5.91 Å². The molecule has 1 aromatic rings. The van der Waals surface area contributed by atoms with E-state index in [1.807, 2.05) is 0 Å². The highest BCUT2D eigenvalue weighted by Crippen LogP contribution is 2.31. The molecule has 2 aliphatic carbocycles. The first-order valence-electron chi connectivity index (χ1n) is 6.62. The maximum atomic E-state index is 11.8. The van der Waals surface area contributed by atoms with Crippen LogP contribution in [-0.2, 0) is 17.6 Å². The molecule has 0 aliphatic heterocycles. The zero-order chi connectivity index (χ0) is 11.7. The van der Waals surface area contributed by atoms with Crippen molar-refractivity contribution in [3.63, 3.8) is 0 Å². The number of fused-ring (bicyclic) bond motifs is 1. The van der Waals surface area contributed by atoms with Gasteiger partial charge >= 0.3 is 0 Å². The second-order valence-corrected chi connectivity index (χ2v) is 6.15. The maximum Gasteiger partial charge on any atom is 0.229 e. The molecule has 92 valence electrons. The van der Waals surface area contributed by atoms with Crippen LogP contribution in [0.25, 0.3) is 0 Å². The molecule has 1 amide bonds. The summed E-state index contributed by atoms with van der Waals surface area (Å²) in [5.41, 5.74) is 1.23. The average molecular weight is 250 g/mol. The maximum absolute atomic E-state index is 11.8. The highest BCUT2D eigenvalue weighted by molar-refractivity contribution is 7.15. The normalized spacial score (nSPS) is 20.2. The Balaban J connectivity index is 1.69. The Morgan fingerprint density at radius 3 is 2.76 bits per heavy atom. The molecule has 3 nitrogen and oxygen atoms in total. The zero-order valence-electron chi connectivity index (χ0n) is 10.00. The Labute approximate surface area is 106 Å². The molecule has 1 aromatic heterocycles. The Bertz CT molecular complexity index is 400. The molecule has 0 radical (unpaired) electrons. The first-order chi connectivity index (χ1) is 8.33. The molecule has 0 spiro atoms. The Morgan fingerprint density at radius 2 is 2.00 bits per heavy atom. The van der Waals surface area contributed by atoms with Gasteiger partial charge in [-0.1, -0.05) is 12.8 Å². The average Bonchev–Trinajstić information content (AvgIpc) is 2.45. The van der Waals surface area contributed by atoms with Crippen LogP contribution in [-0.4, -0.2) is 10.9 Å². The van der Waals surface area contributed by atoms with Crippen molar-refractivity contribution in [3.8, 4) is 0 Å². The molecule has 1 N–H and O–H groups in total. The van der Waals surface area contributed by atoms with E-state index in [1.165, 1.54) is 36.3 Å². The standard InChI is InChI=1S/C13H18N2OS/c16-12(9-5-4-6-9)15-13-14-10-7-2-1-3-8-11(10)17-13/h9H,1-8H2,(H,14,15,16). The predicted molar refractivity (Wildman–Crippen MR) is 69.3 cm³/mol. The van der Waals surface area contributed by atoms with E-state index in [2.05, 4.69) is 10.3 Å². The van der Waals surface area contributed by atoms with E-state index in [9.17, 15) is 4.79 Å². The highest BCUT2D eigenvalue weighted by Gasteiger charge is 2.26. The summed E-state index contributed by atoms with van der Waals surface area (Å²) in [5.74, 6) is 0.430. The van der Waals surface area contributed by atoms with Gasteiger partial charge in [0.15, 0.2) is 5.13 Å². The number of hydrogen-bond donors (Lipinski definition) is 1. The molecule has 1 fully saturated rings. The lowest BCUT2D eigenvalue weighted by Gasteiger charge is -2.23. The third-order valence-corrected chi connectivity index (χ3v) is 4.87. The van der Waals surface area contributed by atoms with E-state index in [0.29, 0.717) is 0 Å². The quantitative estimate of drug-likeness (QED) is 0.819. The molecule has 4 heteroatoms. The van der Waals surface area contributed by atoms with Gasteiger partial charge in [-0.3, -0.25) is 4.79 Å². The summed E-state index contributed by atoms with van der Waals surface area (Å²) in [5, 5.41) is 3.82. The molecule has 1 heterocycles. The van der Waals surface area contributed by atoms with Crippen molar-refractivity contribution in [1.82, 2.24) is 4.98 Å². The lowest BCUT2D eigenvalue weighted by molar-refractivity contribution is -0.122. The second-order valence-electron chi connectivity index (χ2n) is 5.07. The summed E-state index contributed by atoms with van der Waals surface area (Å²) in [7, 11) is 0. The van der Waals surface area contributed by atoms with Crippen LogP contribution in [0.4, 0.5) is 5.13 Å². The largest absolute Gasteiger partial charge is 0.302 e. The van der Waals surface area contributed by atoms with Gasteiger partial charge in [-0.25, -0.2) is 4.98 Å².